The molecule has 9 aromatic carbocycles. The van der Waals surface area contributed by atoms with Gasteiger partial charge in [-0.25, -0.2) is 15.0 Å². The fraction of sp³-hybridized carbons (Fsp3) is 0.0172. The first-order chi connectivity index (χ1) is 31.2. The zero-order valence-electron chi connectivity index (χ0n) is 33.9. The molecule has 0 amide bonds. The Morgan fingerprint density at radius 3 is 1.33 bits per heavy atom. The van der Waals surface area contributed by atoms with E-state index in [4.69, 9.17) is 23.8 Å². The second-order valence-corrected chi connectivity index (χ2v) is 16.2. The predicted octanol–water partition coefficient (Wildman–Crippen LogP) is 14.7. The summed E-state index contributed by atoms with van der Waals surface area (Å²) in [5, 5.41) is 4.28. The fourth-order valence-corrected chi connectivity index (χ4v) is 10.1. The summed E-state index contributed by atoms with van der Waals surface area (Å²) < 4.78 is 13.9. The number of fused-ring (bicyclic) bond motifs is 9. The van der Waals surface area contributed by atoms with E-state index in [-0.39, 0.29) is 0 Å². The maximum absolute atomic E-state index is 6.96. The third-order valence-electron chi connectivity index (χ3n) is 12.8. The summed E-state index contributed by atoms with van der Waals surface area (Å²) in [5.41, 5.74) is 14.0. The molecule has 0 saturated heterocycles. The van der Waals surface area contributed by atoms with Crippen LogP contribution in [0.2, 0.25) is 0 Å². The van der Waals surface area contributed by atoms with E-state index in [0.717, 1.165) is 105 Å². The van der Waals surface area contributed by atoms with E-state index in [9.17, 15) is 0 Å². The van der Waals surface area contributed by atoms with Gasteiger partial charge in [0.05, 0.1) is 5.41 Å². The van der Waals surface area contributed by atoms with Gasteiger partial charge in [-0.1, -0.05) is 200 Å². The van der Waals surface area contributed by atoms with Crippen LogP contribution in [0.25, 0.3) is 100 Å². The molecule has 12 aromatic rings. The normalized spacial score (nSPS) is 12.9. The van der Waals surface area contributed by atoms with Crippen molar-refractivity contribution in [2.45, 2.75) is 5.41 Å². The number of hydrogen-bond acceptors (Lipinski definition) is 5. The van der Waals surface area contributed by atoms with Crippen molar-refractivity contribution in [1.29, 1.82) is 0 Å². The molecule has 0 aliphatic heterocycles. The minimum Gasteiger partial charge on any atom is -0.456 e. The third-order valence-corrected chi connectivity index (χ3v) is 12.8. The topological polar surface area (TPSA) is 65.0 Å². The first-order valence-electron chi connectivity index (χ1n) is 21.3. The Labute approximate surface area is 362 Å². The highest BCUT2D eigenvalue weighted by molar-refractivity contribution is 6.10. The number of benzene rings is 9. The van der Waals surface area contributed by atoms with Crippen molar-refractivity contribution < 1.29 is 8.83 Å². The zero-order chi connectivity index (χ0) is 41.5. The Balaban J connectivity index is 1.12. The standard InChI is InChI=1S/C58H35N3O2/c1-3-16-36(17-4-1)37-32-34-39(35-33-37)56-59-55(38-18-5-2-6-19-38)60-57(61-56)45-25-15-27-47-52(45)44-22-7-10-26-46(44)58(47,48-28-13-23-42-40-20-8-11-30-50(40)62-53(42)48)49-29-14-24-43-41-21-9-12-31-51(41)63-54(43)49/h1-35H. The molecular formula is C58H35N3O2. The number of aromatic nitrogens is 3. The predicted molar refractivity (Wildman–Crippen MR) is 253 cm³/mol. The molecule has 0 unspecified atom stereocenters. The Morgan fingerprint density at radius 1 is 0.286 bits per heavy atom. The molecule has 0 atom stereocenters. The SMILES string of the molecule is c1ccc(-c2ccc(-c3nc(-c4ccccc4)nc(-c4cccc5c4-c4ccccc4C5(c4cccc5c4oc4ccccc45)c4cccc5c4oc4ccccc45)n3)cc2)cc1. The van der Waals surface area contributed by atoms with Crippen molar-refractivity contribution in [2.75, 3.05) is 0 Å². The minimum absolute atomic E-state index is 0.595. The highest BCUT2D eigenvalue weighted by Crippen LogP contribution is 2.60. The second-order valence-electron chi connectivity index (χ2n) is 16.2. The van der Waals surface area contributed by atoms with Gasteiger partial charge in [-0.3, -0.25) is 0 Å². The molecule has 0 radical (unpaired) electrons. The number of nitrogens with zero attached hydrogens (tertiary/aromatic N) is 3. The molecule has 0 N–H and O–H groups in total. The van der Waals surface area contributed by atoms with Crippen LogP contribution in [0.5, 0.6) is 0 Å². The molecule has 0 fully saturated rings. The number of rotatable bonds is 6. The van der Waals surface area contributed by atoms with Gasteiger partial charge in [0, 0.05) is 49.4 Å². The monoisotopic (exact) mass is 805 g/mol. The van der Waals surface area contributed by atoms with Crippen LogP contribution in [0.15, 0.2) is 221 Å². The molecule has 63 heavy (non-hydrogen) atoms. The van der Waals surface area contributed by atoms with E-state index >= 15 is 0 Å². The summed E-state index contributed by atoms with van der Waals surface area (Å²) >= 11 is 0. The Bertz CT molecular complexity index is 3620. The molecule has 3 aromatic heterocycles. The van der Waals surface area contributed by atoms with E-state index in [1.807, 2.05) is 36.4 Å². The van der Waals surface area contributed by atoms with Crippen LogP contribution in [-0.4, -0.2) is 15.0 Å². The van der Waals surface area contributed by atoms with Gasteiger partial charge in [0.1, 0.15) is 22.3 Å². The van der Waals surface area contributed by atoms with Crippen LogP contribution in [-0.2, 0) is 5.41 Å². The van der Waals surface area contributed by atoms with Gasteiger partial charge in [-0.2, -0.15) is 0 Å². The molecule has 13 rings (SSSR count). The van der Waals surface area contributed by atoms with Gasteiger partial charge in [-0.05, 0) is 45.5 Å². The highest BCUT2D eigenvalue weighted by atomic mass is 16.3. The lowest BCUT2D eigenvalue weighted by atomic mass is 9.67. The molecule has 5 nitrogen and oxygen atoms in total. The van der Waals surface area contributed by atoms with Gasteiger partial charge >= 0.3 is 0 Å². The van der Waals surface area contributed by atoms with Gasteiger partial charge in [0.25, 0.3) is 0 Å². The summed E-state index contributed by atoms with van der Waals surface area (Å²) in [4.78, 5) is 15.8. The average Bonchev–Trinajstić information content (AvgIpc) is 4.03. The van der Waals surface area contributed by atoms with E-state index in [1.165, 1.54) is 0 Å². The van der Waals surface area contributed by atoms with Crippen LogP contribution in [0.4, 0.5) is 0 Å². The van der Waals surface area contributed by atoms with Crippen LogP contribution < -0.4 is 0 Å². The molecule has 294 valence electrons. The van der Waals surface area contributed by atoms with Crippen molar-refractivity contribution in [3.63, 3.8) is 0 Å². The van der Waals surface area contributed by atoms with Crippen molar-refractivity contribution in [3.8, 4) is 56.4 Å². The fourth-order valence-electron chi connectivity index (χ4n) is 10.1. The van der Waals surface area contributed by atoms with Crippen molar-refractivity contribution in [1.82, 2.24) is 15.0 Å². The summed E-state index contributed by atoms with van der Waals surface area (Å²) in [6.45, 7) is 0. The first-order valence-corrected chi connectivity index (χ1v) is 21.3. The minimum atomic E-state index is -0.881. The van der Waals surface area contributed by atoms with Gasteiger partial charge in [0.2, 0.25) is 0 Å². The van der Waals surface area contributed by atoms with Crippen LogP contribution in [0.1, 0.15) is 22.3 Å². The van der Waals surface area contributed by atoms with Gasteiger partial charge < -0.3 is 8.83 Å². The van der Waals surface area contributed by atoms with Crippen molar-refractivity contribution >= 4 is 43.9 Å². The molecular weight excluding hydrogens is 771 g/mol. The summed E-state index contributed by atoms with van der Waals surface area (Å²) in [5.74, 6) is 1.81. The lowest BCUT2D eigenvalue weighted by Gasteiger charge is -2.33. The molecule has 0 spiro atoms. The molecule has 5 heteroatoms. The van der Waals surface area contributed by atoms with E-state index < -0.39 is 5.41 Å². The lowest BCUT2D eigenvalue weighted by molar-refractivity contribution is 0.634. The third kappa shape index (κ3) is 5.27. The first kappa shape index (κ1) is 35.4. The van der Waals surface area contributed by atoms with Crippen LogP contribution in [0.3, 0.4) is 0 Å². The van der Waals surface area contributed by atoms with E-state index in [2.05, 4.69) is 176 Å². The maximum atomic E-state index is 6.96. The van der Waals surface area contributed by atoms with E-state index in [1.54, 1.807) is 0 Å². The Kier molecular flexibility index (Phi) is 7.75. The average molecular weight is 806 g/mol. The molecule has 1 aliphatic rings. The van der Waals surface area contributed by atoms with Crippen molar-refractivity contribution in [2.24, 2.45) is 0 Å². The smallest absolute Gasteiger partial charge is 0.164 e. The highest BCUT2D eigenvalue weighted by Gasteiger charge is 2.50. The van der Waals surface area contributed by atoms with E-state index in [0.29, 0.717) is 17.5 Å². The molecule has 3 heterocycles. The summed E-state index contributed by atoms with van der Waals surface area (Å²) in [7, 11) is 0. The van der Waals surface area contributed by atoms with Crippen LogP contribution >= 0.6 is 0 Å². The second kappa shape index (κ2) is 13.8. The lowest BCUT2D eigenvalue weighted by Crippen LogP contribution is -2.29. The summed E-state index contributed by atoms with van der Waals surface area (Å²) in [6, 6.07) is 74.2. The molecule has 0 saturated carbocycles. The summed E-state index contributed by atoms with van der Waals surface area (Å²) in [6.07, 6.45) is 0. The quantitative estimate of drug-likeness (QED) is 0.167. The zero-order valence-corrected chi connectivity index (χ0v) is 33.9. The van der Waals surface area contributed by atoms with Crippen molar-refractivity contribution in [3.05, 3.63) is 235 Å². The Morgan fingerprint density at radius 2 is 0.698 bits per heavy atom. The molecule has 1 aliphatic carbocycles. The largest absolute Gasteiger partial charge is 0.456 e. The number of para-hydroxylation sites is 4. The number of furan rings is 2. The molecule has 0 bridgehead atoms. The Hall–Kier alpha value is -8.41. The van der Waals surface area contributed by atoms with Gasteiger partial charge in [-0.15, -0.1) is 0 Å². The van der Waals surface area contributed by atoms with Crippen LogP contribution in [0, 0.1) is 0 Å². The number of hydrogen-bond donors (Lipinski definition) is 0. The van der Waals surface area contributed by atoms with Gasteiger partial charge in [0.15, 0.2) is 17.5 Å². The maximum Gasteiger partial charge on any atom is 0.164 e.